The van der Waals surface area contributed by atoms with Crippen LogP contribution in [0.4, 0.5) is 0 Å². The van der Waals surface area contributed by atoms with Crippen molar-refractivity contribution < 1.29 is 9.53 Å². The van der Waals surface area contributed by atoms with Crippen molar-refractivity contribution in [2.24, 2.45) is 5.41 Å². The zero-order valence-corrected chi connectivity index (χ0v) is 8.32. The molecule has 2 nitrogen and oxygen atoms in total. The summed E-state index contributed by atoms with van der Waals surface area (Å²) in [5, 5.41) is 0. The molecule has 0 unspecified atom stereocenters. The number of hydrogen-bond acceptors (Lipinski definition) is 2. The number of methoxy groups -OCH3 is 1. The lowest BCUT2D eigenvalue weighted by atomic mass is 9.74. The minimum absolute atomic E-state index is 0.157. The van der Waals surface area contributed by atoms with Crippen molar-refractivity contribution in [2.75, 3.05) is 7.11 Å². The van der Waals surface area contributed by atoms with Crippen molar-refractivity contribution in [1.29, 1.82) is 0 Å². The lowest BCUT2D eigenvalue weighted by Crippen LogP contribution is -2.45. The summed E-state index contributed by atoms with van der Waals surface area (Å²) in [4.78, 5) is 11.2. The first-order valence-corrected chi connectivity index (χ1v) is 3.82. The van der Waals surface area contributed by atoms with Gasteiger partial charge in [-0.25, -0.2) is 0 Å². The molecule has 0 rings (SSSR count). The number of Topliss-reactive ketones (excluding diaryl/α,β-unsaturated/α-hetero) is 1. The lowest BCUT2D eigenvalue weighted by Gasteiger charge is -2.38. The van der Waals surface area contributed by atoms with E-state index in [1.807, 2.05) is 27.7 Å². The van der Waals surface area contributed by atoms with Gasteiger partial charge in [0.25, 0.3) is 0 Å². The molecular formula is C9H18O2. The molecule has 0 spiro atoms. The van der Waals surface area contributed by atoms with E-state index in [0.29, 0.717) is 0 Å². The van der Waals surface area contributed by atoms with Gasteiger partial charge in [-0.3, -0.25) is 4.79 Å². The van der Waals surface area contributed by atoms with Gasteiger partial charge in [-0.15, -0.1) is 0 Å². The van der Waals surface area contributed by atoms with Crippen LogP contribution in [0, 0.1) is 5.41 Å². The summed E-state index contributed by atoms with van der Waals surface area (Å²) in [5.74, 6) is 0.157. The Morgan fingerprint density at radius 2 is 1.55 bits per heavy atom. The van der Waals surface area contributed by atoms with Crippen LogP contribution in [-0.2, 0) is 9.53 Å². The molecule has 0 saturated carbocycles. The largest absolute Gasteiger partial charge is 0.378 e. The van der Waals surface area contributed by atoms with Crippen molar-refractivity contribution in [1.82, 2.24) is 0 Å². The van der Waals surface area contributed by atoms with Crippen LogP contribution in [-0.4, -0.2) is 18.5 Å². The van der Waals surface area contributed by atoms with E-state index in [4.69, 9.17) is 4.74 Å². The van der Waals surface area contributed by atoms with Gasteiger partial charge in [0.05, 0.1) is 11.0 Å². The van der Waals surface area contributed by atoms with Gasteiger partial charge in [0.2, 0.25) is 0 Å². The fourth-order valence-corrected chi connectivity index (χ4v) is 0.679. The maximum Gasteiger partial charge on any atom is 0.138 e. The van der Waals surface area contributed by atoms with Gasteiger partial charge in [0.15, 0.2) is 0 Å². The van der Waals surface area contributed by atoms with Crippen molar-refractivity contribution in [3.8, 4) is 0 Å². The van der Waals surface area contributed by atoms with E-state index >= 15 is 0 Å². The Morgan fingerprint density at radius 1 is 1.18 bits per heavy atom. The Morgan fingerprint density at radius 3 is 1.64 bits per heavy atom. The predicted molar refractivity (Wildman–Crippen MR) is 45.6 cm³/mol. The molecular weight excluding hydrogens is 140 g/mol. The molecule has 0 aromatic heterocycles. The number of ether oxygens (including phenoxy) is 1. The van der Waals surface area contributed by atoms with Crippen LogP contribution in [0.1, 0.15) is 34.6 Å². The van der Waals surface area contributed by atoms with Crippen LogP contribution >= 0.6 is 0 Å². The van der Waals surface area contributed by atoms with Crippen LogP contribution in [0.2, 0.25) is 0 Å². The van der Waals surface area contributed by atoms with Gasteiger partial charge in [0.1, 0.15) is 5.78 Å². The van der Waals surface area contributed by atoms with E-state index in [1.165, 1.54) is 0 Å². The molecule has 0 bridgehead atoms. The van der Waals surface area contributed by atoms with Crippen molar-refractivity contribution in [3.05, 3.63) is 0 Å². The molecule has 0 fully saturated rings. The number of hydrogen-bond donors (Lipinski definition) is 0. The quantitative estimate of drug-likeness (QED) is 0.628. The van der Waals surface area contributed by atoms with Crippen LogP contribution in [0.5, 0.6) is 0 Å². The van der Waals surface area contributed by atoms with Gasteiger partial charge in [0, 0.05) is 7.11 Å². The molecule has 0 heterocycles. The zero-order valence-electron chi connectivity index (χ0n) is 8.32. The Balaban J connectivity index is 4.67. The topological polar surface area (TPSA) is 26.3 Å². The van der Waals surface area contributed by atoms with Crippen LogP contribution < -0.4 is 0 Å². The Hall–Kier alpha value is -0.370. The zero-order chi connectivity index (χ0) is 9.28. The van der Waals surface area contributed by atoms with Gasteiger partial charge < -0.3 is 4.74 Å². The molecule has 0 aliphatic rings. The number of rotatable bonds is 3. The highest BCUT2D eigenvalue weighted by Crippen LogP contribution is 2.33. The van der Waals surface area contributed by atoms with Crippen LogP contribution in [0.15, 0.2) is 0 Å². The van der Waals surface area contributed by atoms with E-state index < -0.39 is 11.0 Å². The summed E-state index contributed by atoms with van der Waals surface area (Å²) in [5.41, 5.74) is -0.805. The highest BCUT2D eigenvalue weighted by atomic mass is 16.5. The average molecular weight is 158 g/mol. The molecule has 66 valence electrons. The van der Waals surface area contributed by atoms with Crippen LogP contribution in [0.25, 0.3) is 0 Å². The third-order valence-electron chi connectivity index (χ3n) is 2.90. The van der Waals surface area contributed by atoms with Gasteiger partial charge in [-0.2, -0.15) is 0 Å². The van der Waals surface area contributed by atoms with E-state index in [9.17, 15) is 4.79 Å². The SMILES string of the molecule is COC(C)(C)C(C)(C)C(C)=O. The summed E-state index contributed by atoms with van der Waals surface area (Å²) >= 11 is 0. The molecule has 0 aromatic carbocycles. The number of ketones is 1. The predicted octanol–water partition coefficient (Wildman–Crippen LogP) is 2.03. The fourth-order valence-electron chi connectivity index (χ4n) is 0.679. The highest BCUT2D eigenvalue weighted by Gasteiger charge is 2.40. The molecule has 0 radical (unpaired) electrons. The van der Waals surface area contributed by atoms with Crippen LogP contribution in [0.3, 0.4) is 0 Å². The molecule has 0 N–H and O–H groups in total. The van der Waals surface area contributed by atoms with Crippen molar-refractivity contribution >= 4 is 5.78 Å². The summed E-state index contributed by atoms with van der Waals surface area (Å²) in [6.45, 7) is 9.25. The number of carbonyl (C=O) groups excluding carboxylic acids is 1. The second-order valence-electron chi connectivity index (χ2n) is 3.90. The maximum absolute atomic E-state index is 11.2. The van der Waals surface area contributed by atoms with E-state index in [1.54, 1.807) is 14.0 Å². The molecule has 0 aliphatic carbocycles. The highest BCUT2D eigenvalue weighted by molar-refractivity contribution is 5.82. The standard InChI is InChI=1S/C9H18O2/c1-7(10)8(2,3)9(4,5)11-6/h1-6H3. The maximum atomic E-state index is 11.2. The third kappa shape index (κ3) is 1.80. The smallest absolute Gasteiger partial charge is 0.138 e. The molecule has 11 heavy (non-hydrogen) atoms. The Bertz CT molecular complexity index is 157. The summed E-state index contributed by atoms with van der Waals surface area (Å²) < 4.78 is 5.24. The van der Waals surface area contributed by atoms with Gasteiger partial charge >= 0.3 is 0 Å². The summed E-state index contributed by atoms with van der Waals surface area (Å²) in [6, 6.07) is 0. The summed E-state index contributed by atoms with van der Waals surface area (Å²) in [6.07, 6.45) is 0. The van der Waals surface area contributed by atoms with E-state index in [2.05, 4.69) is 0 Å². The summed E-state index contributed by atoms with van der Waals surface area (Å²) in [7, 11) is 1.63. The molecule has 0 aliphatic heterocycles. The second-order valence-corrected chi connectivity index (χ2v) is 3.90. The minimum Gasteiger partial charge on any atom is -0.378 e. The first kappa shape index (κ1) is 10.6. The Kier molecular flexibility index (Phi) is 2.84. The molecule has 0 atom stereocenters. The molecule has 0 saturated heterocycles. The number of carbonyl (C=O) groups is 1. The average Bonchev–Trinajstić information content (AvgIpc) is 1.87. The third-order valence-corrected chi connectivity index (χ3v) is 2.90. The second kappa shape index (κ2) is 2.94. The minimum atomic E-state index is -0.415. The molecule has 2 heteroatoms. The lowest BCUT2D eigenvalue weighted by molar-refractivity contribution is -0.141. The molecule has 0 amide bonds. The van der Waals surface area contributed by atoms with E-state index in [0.717, 1.165) is 0 Å². The first-order chi connectivity index (χ1) is 4.75. The van der Waals surface area contributed by atoms with Gasteiger partial charge in [-0.05, 0) is 20.8 Å². The van der Waals surface area contributed by atoms with Crippen molar-refractivity contribution in [2.45, 2.75) is 40.2 Å². The Labute approximate surface area is 68.9 Å². The molecule has 0 aromatic rings. The van der Waals surface area contributed by atoms with Crippen molar-refractivity contribution in [3.63, 3.8) is 0 Å². The fraction of sp³-hybridized carbons (Fsp3) is 0.889. The van der Waals surface area contributed by atoms with Gasteiger partial charge in [-0.1, -0.05) is 13.8 Å². The normalized spacial score (nSPS) is 13.3. The first-order valence-electron chi connectivity index (χ1n) is 3.82. The van der Waals surface area contributed by atoms with E-state index in [-0.39, 0.29) is 5.78 Å². The monoisotopic (exact) mass is 158 g/mol.